The predicted molar refractivity (Wildman–Crippen MR) is 106 cm³/mol. The number of hydrogen-bond acceptors (Lipinski definition) is 5. The average molecular weight is 469 g/mol. The van der Waals surface area contributed by atoms with Crippen LogP contribution in [0, 0.1) is 0 Å². The Labute approximate surface area is 172 Å². The van der Waals surface area contributed by atoms with E-state index in [4.69, 9.17) is 9.15 Å². The summed E-state index contributed by atoms with van der Waals surface area (Å²) in [7, 11) is -3.70. The van der Waals surface area contributed by atoms with Crippen LogP contribution in [0.3, 0.4) is 0 Å². The highest BCUT2D eigenvalue weighted by Crippen LogP contribution is 2.34. The van der Waals surface area contributed by atoms with Crippen molar-refractivity contribution >= 4 is 31.9 Å². The van der Waals surface area contributed by atoms with Crippen molar-refractivity contribution in [3.8, 4) is 5.75 Å². The number of furan rings is 1. The van der Waals surface area contributed by atoms with Crippen molar-refractivity contribution < 1.29 is 22.4 Å². The largest absolute Gasteiger partial charge is 0.493 e. The molecule has 3 heterocycles. The zero-order valence-corrected chi connectivity index (χ0v) is 17.6. The van der Waals surface area contributed by atoms with Crippen LogP contribution in [-0.2, 0) is 10.0 Å². The van der Waals surface area contributed by atoms with Crippen molar-refractivity contribution in [2.75, 3.05) is 19.7 Å². The fourth-order valence-electron chi connectivity index (χ4n) is 3.56. The quantitative estimate of drug-likeness (QED) is 0.741. The Morgan fingerprint density at radius 1 is 1.14 bits per heavy atom. The molecule has 0 spiro atoms. The molecule has 150 valence electrons. The Kier molecular flexibility index (Phi) is 5.48. The Bertz CT molecular complexity index is 982. The SMILES string of the molecule is O=C(NC1CCOc2ccc(Br)cc21)c1ccc(S(=O)(=O)N2CCCCC2)o1. The van der Waals surface area contributed by atoms with Crippen LogP contribution in [-0.4, -0.2) is 38.3 Å². The van der Waals surface area contributed by atoms with Gasteiger partial charge in [0.05, 0.1) is 12.6 Å². The Morgan fingerprint density at radius 3 is 2.71 bits per heavy atom. The van der Waals surface area contributed by atoms with Crippen LogP contribution < -0.4 is 10.1 Å². The van der Waals surface area contributed by atoms with Crippen molar-refractivity contribution in [2.24, 2.45) is 0 Å². The van der Waals surface area contributed by atoms with Crippen molar-refractivity contribution in [2.45, 2.75) is 36.8 Å². The molecule has 0 saturated carbocycles. The number of carbonyl (C=O) groups is 1. The van der Waals surface area contributed by atoms with Gasteiger partial charge in [-0.1, -0.05) is 22.4 Å². The van der Waals surface area contributed by atoms with E-state index >= 15 is 0 Å². The zero-order valence-electron chi connectivity index (χ0n) is 15.2. The van der Waals surface area contributed by atoms with Gasteiger partial charge in [0.25, 0.3) is 15.9 Å². The van der Waals surface area contributed by atoms with E-state index in [2.05, 4.69) is 21.2 Å². The maximum atomic E-state index is 12.7. The lowest BCUT2D eigenvalue weighted by Crippen LogP contribution is -2.35. The molecule has 0 radical (unpaired) electrons. The lowest BCUT2D eigenvalue weighted by Gasteiger charge is -2.26. The van der Waals surface area contributed by atoms with Crippen molar-refractivity contribution in [3.05, 3.63) is 46.1 Å². The maximum Gasteiger partial charge on any atom is 0.287 e. The summed E-state index contributed by atoms with van der Waals surface area (Å²) in [5.74, 6) is 0.268. The van der Waals surface area contributed by atoms with Crippen LogP contribution >= 0.6 is 15.9 Å². The minimum Gasteiger partial charge on any atom is -0.493 e. The molecule has 7 nitrogen and oxygen atoms in total. The molecule has 1 unspecified atom stereocenters. The van der Waals surface area contributed by atoms with E-state index in [9.17, 15) is 13.2 Å². The second-order valence-electron chi connectivity index (χ2n) is 6.93. The number of piperidine rings is 1. The molecule has 1 atom stereocenters. The average Bonchev–Trinajstić information content (AvgIpc) is 3.20. The van der Waals surface area contributed by atoms with Gasteiger partial charge in [-0.25, -0.2) is 8.42 Å². The fourth-order valence-corrected chi connectivity index (χ4v) is 5.37. The zero-order chi connectivity index (χ0) is 19.7. The molecule has 28 heavy (non-hydrogen) atoms. The normalized spacial score (nSPS) is 20.2. The van der Waals surface area contributed by atoms with Crippen molar-refractivity contribution in [1.82, 2.24) is 9.62 Å². The lowest BCUT2D eigenvalue weighted by atomic mass is 10.0. The number of benzene rings is 1. The molecule has 1 aromatic heterocycles. The van der Waals surface area contributed by atoms with Gasteiger partial charge in [0.1, 0.15) is 5.75 Å². The topological polar surface area (TPSA) is 88.8 Å². The standard InChI is InChI=1S/C19H21BrN2O5S/c20-13-4-5-16-14(12-13)15(8-11-26-16)21-19(23)17-6-7-18(27-17)28(24,25)22-9-2-1-3-10-22/h4-7,12,15H,1-3,8-11H2,(H,21,23). The first-order valence-electron chi connectivity index (χ1n) is 9.28. The molecule has 2 aliphatic heterocycles. The summed E-state index contributed by atoms with van der Waals surface area (Å²) in [5.41, 5.74) is 0.877. The summed E-state index contributed by atoms with van der Waals surface area (Å²) >= 11 is 3.43. The minimum absolute atomic E-state index is 0.0152. The van der Waals surface area contributed by atoms with Crippen LogP contribution in [0.4, 0.5) is 0 Å². The number of amides is 1. The van der Waals surface area contributed by atoms with Crippen molar-refractivity contribution in [3.63, 3.8) is 0 Å². The second kappa shape index (κ2) is 7.88. The van der Waals surface area contributed by atoms with Gasteiger partial charge in [0, 0.05) is 29.5 Å². The molecule has 2 aliphatic rings. The number of rotatable bonds is 4. The number of fused-ring (bicyclic) bond motifs is 1. The molecule has 1 saturated heterocycles. The molecule has 2 aromatic rings. The number of nitrogens with zero attached hydrogens (tertiary/aromatic N) is 1. The molecule has 9 heteroatoms. The van der Waals surface area contributed by atoms with E-state index in [1.807, 2.05) is 18.2 Å². The first kappa shape index (κ1) is 19.5. The maximum absolute atomic E-state index is 12.7. The molecule has 0 bridgehead atoms. The van der Waals surface area contributed by atoms with Gasteiger partial charge in [0.2, 0.25) is 5.09 Å². The fraction of sp³-hybridized carbons (Fsp3) is 0.421. The van der Waals surface area contributed by atoms with Gasteiger partial charge in [-0.05, 0) is 43.2 Å². The number of hydrogen-bond donors (Lipinski definition) is 1. The van der Waals surface area contributed by atoms with E-state index in [0.717, 1.165) is 35.0 Å². The van der Waals surface area contributed by atoms with Gasteiger partial charge in [-0.15, -0.1) is 0 Å². The van der Waals surface area contributed by atoms with Crippen LogP contribution in [0.5, 0.6) is 5.75 Å². The highest BCUT2D eigenvalue weighted by Gasteiger charge is 2.30. The third-order valence-corrected chi connectivity index (χ3v) is 7.30. The first-order chi connectivity index (χ1) is 13.4. The van der Waals surface area contributed by atoms with Crippen LogP contribution in [0.2, 0.25) is 0 Å². The number of halogens is 1. The summed E-state index contributed by atoms with van der Waals surface area (Å²) in [6.07, 6.45) is 3.33. The third-order valence-electron chi connectivity index (χ3n) is 5.03. The second-order valence-corrected chi connectivity index (χ2v) is 9.71. The smallest absolute Gasteiger partial charge is 0.287 e. The molecule has 1 N–H and O–H groups in total. The van der Waals surface area contributed by atoms with E-state index in [1.165, 1.54) is 16.4 Å². The lowest BCUT2D eigenvalue weighted by molar-refractivity contribution is 0.0891. The van der Waals surface area contributed by atoms with Crippen LogP contribution in [0.1, 0.15) is 47.8 Å². The van der Waals surface area contributed by atoms with Crippen LogP contribution in [0.15, 0.2) is 44.3 Å². The molecular weight excluding hydrogens is 448 g/mol. The predicted octanol–water partition coefficient (Wildman–Crippen LogP) is 3.47. The van der Waals surface area contributed by atoms with E-state index < -0.39 is 15.9 Å². The van der Waals surface area contributed by atoms with Gasteiger partial charge in [-0.2, -0.15) is 4.31 Å². The Balaban J connectivity index is 1.51. The molecule has 1 fully saturated rings. The molecular formula is C19H21BrN2O5S. The summed E-state index contributed by atoms with van der Waals surface area (Å²) in [4.78, 5) is 12.7. The summed E-state index contributed by atoms with van der Waals surface area (Å²) in [6.45, 7) is 1.46. The van der Waals surface area contributed by atoms with Gasteiger partial charge in [0.15, 0.2) is 5.76 Å². The van der Waals surface area contributed by atoms with Crippen LogP contribution in [0.25, 0.3) is 0 Å². The summed E-state index contributed by atoms with van der Waals surface area (Å²) in [5, 5.41) is 2.74. The first-order valence-corrected chi connectivity index (χ1v) is 11.5. The Hall–Kier alpha value is -1.84. The molecule has 4 rings (SSSR count). The third kappa shape index (κ3) is 3.83. The number of ether oxygens (including phenoxy) is 1. The van der Waals surface area contributed by atoms with Crippen molar-refractivity contribution in [1.29, 1.82) is 0 Å². The highest BCUT2D eigenvalue weighted by molar-refractivity contribution is 9.10. The van der Waals surface area contributed by atoms with E-state index in [1.54, 1.807) is 0 Å². The summed E-state index contributed by atoms with van der Waals surface area (Å²) in [6, 6.07) is 8.18. The highest BCUT2D eigenvalue weighted by atomic mass is 79.9. The van der Waals surface area contributed by atoms with Gasteiger partial charge < -0.3 is 14.5 Å². The van der Waals surface area contributed by atoms with Gasteiger partial charge >= 0.3 is 0 Å². The molecule has 0 aliphatic carbocycles. The van der Waals surface area contributed by atoms with E-state index in [-0.39, 0.29) is 16.9 Å². The monoisotopic (exact) mass is 468 g/mol. The minimum atomic E-state index is -3.70. The molecule has 1 amide bonds. The number of nitrogens with one attached hydrogen (secondary N) is 1. The molecule has 1 aromatic carbocycles. The Morgan fingerprint density at radius 2 is 1.93 bits per heavy atom. The van der Waals surface area contributed by atoms with Gasteiger partial charge in [-0.3, -0.25) is 4.79 Å². The van der Waals surface area contributed by atoms with E-state index in [0.29, 0.717) is 26.1 Å². The summed E-state index contributed by atoms with van der Waals surface area (Å²) < 4.78 is 38.8. The number of sulfonamides is 1. The number of carbonyl (C=O) groups excluding carboxylic acids is 1.